The number of carbonyl (C=O) groups is 3. The summed E-state index contributed by atoms with van der Waals surface area (Å²) in [5, 5.41) is 14.4. The van der Waals surface area contributed by atoms with Crippen LogP contribution in [0.3, 0.4) is 0 Å². The summed E-state index contributed by atoms with van der Waals surface area (Å²) in [6, 6.07) is 15.0. The highest BCUT2D eigenvalue weighted by molar-refractivity contribution is 5.86. The minimum Gasteiger partial charge on any atom is -0.481 e. The van der Waals surface area contributed by atoms with Crippen molar-refractivity contribution in [1.82, 2.24) is 10.6 Å². The lowest BCUT2D eigenvalue weighted by Crippen LogP contribution is -2.50. The van der Waals surface area contributed by atoms with Crippen LogP contribution in [0.4, 0.5) is 4.79 Å². The van der Waals surface area contributed by atoms with E-state index in [-0.39, 0.29) is 25.7 Å². The predicted molar refractivity (Wildman–Crippen MR) is 123 cm³/mol. The van der Waals surface area contributed by atoms with Gasteiger partial charge in [-0.05, 0) is 28.7 Å². The van der Waals surface area contributed by atoms with Crippen LogP contribution in [0, 0.1) is 5.92 Å². The first-order valence-corrected chi connectivity index (χ1v) is 11.1. The van der Waals surface area contributed by atoms with Crippen LogP contribution in [0.2, 0.25) is 0 Å². The Morgan fingerprint density at radius 1 is 1.03 bits per heavy atom. The number of nitrogens with one attached hydrogen (secondary N) is 2. The number of carboxylic acids is 1. The highest BCUT2D eigenvalue weighted by atomic mass is 16.5. The molecule has 0 spiro atoms. The van der Waals surface area contributed by atoms with Crippen molar-refractivity contribution in [3.8, 4) is 11.1 Å². The van der Waals surface area contributed by atoms with Crippen molar-refractivity contribution in [2.45, 2.75) is 31.7 Å². The lowest BCUT2D eigenvalue weighted by Gasteiger charge is -2.20. The summed E-state index contributed by atoms with van der Waals surface area (Å²) in [7, 11) is 1.41. The molecular weight excluding hydrogens is 424 g/mol. The van der Waals surface area contributed by atoms with Crippen LogP contribution >= 0.6 is 0 Å². The molecular formula is C25H30N2O6. The molecule has 0 aromatic heterocycles. The van der Waals surface area contributed by atoms with Crippen molar-refractivity contribution in [3.63, 3.8) is 0 Å². The Morgan fingerprint density at radius 2 is 1.64 bits per heavy atom. The molecule has 2 amide bonds. The Kier molecular flexibility index (Phi) is 8.43. The molecule has 176 valence electrons. The van der Waals surface area contributed by atoms with Gasteiger partial charge >= 0.3 is 12.1 Å². The van der Waals surface area contributed by atoms with Crippen LogP contribution in [-0.4, -0.2) is 56.0 Å². The zero-order chi connectivity index (χ0) is 23.8. The normalized spacial score (nSPS) is 14.0. The molecule has 3 rings (SSSR count). The molecule has 0 saturated heterocycles. The maximum atomic E-state index is 12.5. The van der Waals surface area contributed by atoms with Gasteiger partial charge in [0.2, 0.25) is 5.91 Å². The molecule has 2 unspecified atom stereocenters. The van der Waals surface area contributed by atoms with Crippen molar-refractivity contribution in [2.75, 3.05) is 26.9 Å². The van der Waals surface area contributed by atoms with Crippen LogP contribution in [-0.2, 0) is 19.1 Å². The molecule has 8 heteroatoms. The number of amides is 2. The molecule has 0 aliphatic heterocycles. The molecule has 3 N–H and O–H groups in total. The third-order valence-corrected chi connectivity index (χ3v) is 5.79. The van der Waals surface area contributed by atoms with Gasteiger partial charge in [-0.1, -0.05) is 61.9 Å². The Hall–Kier alpha value is -3.39. The predicted octanol–water partition coefficient (Wildman–Crippen LogP) is 3.16. The van der Waals surface area contributed by atoms with E-state index >= 15 is 0 Å². The summed E-state index contributed by atoms with van der Waals surface area (Å²) < 4.78 is 10.5. The fourth-order valence-electron chi connectivity index (χ4n) is 4.14. The molecule has 1 aliphatic carbocycles. The molecule has 1 aliphatic rings. The van der Waals surface area contributed by atoms with E-state index in [1.54, 1.807) is 0 Å². The van der Waals surface area contributed by atoms with Crippen LogP contribution in [0.15, 0.2) is 48.5 Å². The summed E-state index contributed by atoms with van der Waals surface area (Å²) in [6.45, 7) is 1.92. The second-order valence-corrected chi connectivity index (χ2v) is 8.05. The Bertz CT molecular complexity index is 947. The topological polar surface area (TPSA) is 114 Å². The maximum Gasteiger partial charge on any atom is 0.407 e. The molecule has 2 atom stereocenters. The number of hydrogen-bond donors (Lipinski definition) is 3. The summed E-state index contributed by atoms with van der Waals surface area (Å²) in [4.78, 5) is 36.3. The van der Waals surface area contributed by atoms with Gasteiger partial charge in [0.1, 0.15) is 12.6 Å². The largest absolute Gasteiger partial charge is 0.481 e. The van der Waals surface area contributed by atoms with Gasteiger partial charge in [-0.2, -0.15) is 0 Å². The number of carbonyl (C=O) groups excluding carboxylic acids is 2. The van der Waals surface area contributed by atoms with Crippen LogP contribution in [0.25, 0.3) is 11.1 Å². The van der Waals surface area contributed by atoms with Crippen molar-refractivity contribution in [2.24, 2.45) is 5.92 Å². The van der Waals surface area contributed by atoms with E-state index in [0.717, 1.165) is 22.3 Å². The molecule has 33 heavy (non-hydrogen) atoms. The highest BCUT2D eigenvalue weighted by Crippen LogP contribution is 2.44. The molecule has 0 saturated carbocycles. The molecule has 0 bridgehead atoms. The summed E-state index contributed by atoms with van der Waals surface area (Å²) in [6.07, 6.45) is 0.397. The number of ether oxygens (including phenoxy) is 2. The number of fused-ring (bicyclic) bond motifs is 3. The Balaban J connectivity index is 1.59. The first-order chi connectivity index (χ1) is 16.0. The zero-order valence-corrected chi connectivity index (χ0v) is 18.9. The molecule has 0 fully saturated rings. The monoisotopic (exact) mass is 454 g/mol. The molecule has 8 nitrogen and oxygen atoms in total. The van der Waals surface area contributed by atoms with Crippen molar-refractivity contribution in [3.05, 3.63) is 59.7 Å². The third kappa shape index (κ3) is 5.90. The lowest BCUT2D eigenvalue weighted by molar-refractivity contribution is -0.142. The standard InChI is InChI=1S/C25H30N2O6/c1-3-8-16(24(29)30)13-26-23(28)22(15-32-2)27-25(31)33-14-21-19-11-6-4-9-17(19)18-10-5-7-12-20(18)21/h4-7,9-12,16,21-22H,3,8,13-15H2,1-2H3,(H,26,28)(H,27,31)(H,29,30). The van der Waals surface area contributed by atoms with Gasteiger partial charge in [-0.3, -0.25) is 9.59 Å². The third-order valence-electron chi connectivity index (χ3n) is 5.79. The van der Waals surface area contributed by atoms with E-state index < -0.39 is 29.9 Å². The smallest absolute Gasteiger partial charge is 0.407 e. The van der Waals surface area contributed by atoms with E-state index in [0.29, 0.717) is 12.8 Å². The van der Waals surface area contributed by atoms with Crippen molar-refractivity contribution < 1.29 is 29.0 Å². The first kappa shape index (κ1) is 24.3. The molecule has 2 aromatic carbocycles. The van der Waals surface area contributed by atoms with Crippen LogP contribution in [0.5, 0.6) is 0 Å². The minimum absolute atomic E-state index is 0.0193. The fraction of sp³-hybridized carbons (Fsp3) is 0.400. The van der Waals surface area contributed by atoms with Gasteiger partial charge in [0, 0.05) is 19.6 Å². The second-order valence-electron chi connectivity index (χ2n) is 8.05. The Morgan fingerprint density at radius 3 is 2.18 bits per heavy atom. The second kappa shape index (κ2) is 11.5. The number of aliphatic carboxylic acids is 1. The summed E-state index contributed by atoms with van der Waals surface area (Å²) in [5.41, 5.74) is 4.43. The SMILES string of the molecule is CCCC(CNC(=O)C(COC)NC(=O)OCC1c2ccccc2-c2ccccc21)C(=O)O. The van der Waals surface area contributed by atoms with Gasteiger partial charge in [0.15, 0.2) is 0 Å². The zero-order valence-electron chi connectivity index (χ0n) is 18.9. The number of rotatable bonds is 11. The summed E-state index contributed by atoms with van der Waals surface area (Å²) >= 11 is 0. The number of alkyl carbamates (subject to hydrolysis) is 1. The number of carboxylic acid groups (broad SMARTS) is 1. The van der Waals surface area contributed by atoms with E-state index in [1.807, 2.05) is 43.3 Å². The number of methoxy groups -OCH3 is 1. The van der Waals surface area contributed by atoms with E-state index in [4.69, 9.17) is 9.47 Å². The first-order valence-electron chi connectivity index (χ1n) is 11.1. The van der Waals surface area contributed by atoms with Gasteiger partial charge < -0.3 is 25.2 Å². The van der Waals surface area contributed by atoms with Gasteiger partial charge in [0.25, 0.3) is 0 Å². The number of benzene rings is 2. The van der Waals surface area contributed by atoms with Crippen molar-refractivity contribution in [1.29, 1.82) is 0 Å². The van der Waals surface area contributed by atoms with Gasteiger partial charge in [-0.25, -0.2) is 4.79 Å². The quantitative estimate of drug-likeness (QED) is 0.481. The van der Waals surface area contributed by atoms with Crippen LogP contribution in [0.1, 0.15) is 36.8 Å². The van der Waals surface area contributed by atoms with E-state index in [1.165, 1.54) is 7.11 Å². The number of hydrogen-bond acceptors (Lipinski definition) is 5. The van der Waals surface area contributed by atoms with Gasteiger partial charge in [-0.15, -0.1) is 0 Å². The summed E-state index contributed by atoms with van der Waals surface area (Å²) in [5.74, 6) is -2.27. The average Bonchev–Trinajstić information content (AvgIpc) is 3.13. The van der Waals surface area contributed by atoms with Crippen molar-refractivity contribution >= 4 is 18.0 Å². The highest BCUT2D eigenvalue weighted by Gasteiger charge is 2.30. The minimum atomic E-state index is -0.998. The Labute approximate surface area is 193 Å². The molecule has 2 aromatic rings. The van der Waals surface area contributed by atoms with E-state index in [2.05, 4.69) is 22.8 Å². The van der Waals surface area contributed by atoms with Crippen LogP contribution < -0.4 is 10.6 Å². The lowest BCUT2D eigenvalue weighted by atomic mass is 9.98. The molecule has 0 heterocycles. The average molecular weight is 455 g/mol. The van der Waals surface area contributed by atoms with E-state index in [9.17, 15) is 19.5 Å². The maximum absolute atomic E-state index is 12.5. The molecule has 0 radical (unpaired) electrons. The van der Waals surface area contributed by atoms with Gasteiger partial charge in [0.05, 0.1) is 12.5 Å². The fourth-order valence-corrected chi connectivity index (χ4v) is 4.14.